The first-order valence-corrected chi connectivity index (χ1v) is 7.59. The van der Waals surface area contributed by atoms with E-state index in [1.807, 2.05) is 0 Å². The summed E-state index contributed by atoms with van der Waals surface area (Å²) in [6.45, 7) is 1.73. The van der Waals surface area contributed by atoms with Gasteiger partial charge in [-0.1, -0.05) is 11.6 Å². The molecule has 0 aromatic heterocycles. The second-order valence-corrected chi connectivity index (χ2v) is 5.55. The number of carbonyl (C=O) groups excluding carboxylic acids is 2. The number of amides is 2. The molecular weight excluding hydrogens is 330 g/mol. The summed E-state index contributed by atoms with van der Waals surface area (Å²) in [6.07, 6.45) is 0. The maximum Gasteiger partial charge on any atom is 0.248 e. The second kappa shape index (κ2) is 7.70. The van der Waals surface area contributed by atoms with Gasteiger partial charge in [0.1, 0.15) is 11.8 Å². The zero-order valence-corrected chi connectivity index (χ0v) is 14.1. The summed E-state index contributed by atoms with van der Waals surface area (Å²) in [5, 5.41) is 6.27. The highest BCUT2D eigenvalue weighted by Crippen LogP contribution is 2.27. The molecule has 2 amide bonds. The van der Waals surface area contributed by atoms with Crippen LogP contribution in [-0.2, 0) is 4.79 Å². The van der Waals surface area contributed by atoms with Crippen LogP contribution in [0, 0.1) is 0 Å². The quantitative estimate of drug-likeness (QED) is 0.749. The SMILES string of the molecule is COc1ccc(NC(C)C(=O)Nc2ccc(C(N)=O)cc2)cc1Cl. The molecule has 2 rings (SSSR count). The molecule has 7 heteroatoms. The van der Waals surface area contributed by atoms with Crippen molar-refractivity contribution in [2.45, 2.75) is 13.0 Å². The second-order valence-electron chi connectivity index (χ2n) is 5.15. The number of halogens is 1. The Kier molecular flexibility index (Phi) is 5.65. The fourth-order valence-electron chi connectivity index (χ4n) is 2.04. The molecule has 0 heterocycles. The van der Waals surface area contributed by atoms with Crippen molar-refractivity contribution in [3.63, 3.8) is 0 Å². The van der Waals surface area contributed by atoms with Crippen LogP contribution in [-0.4, -0.2) is 25.0 Å². The van der Waals surface area contributed by atoms with Gasteiger partial charge >= 0.3 is 0 Å². The topological polar surface area (TPSA) is 93.4 Å². The van der Waals surface area contributed by atoms with E-state index in [1.54, 1.807) is 49.4 Å². The van der Waals surface area contributed by atoms with Crippen molar-refractivity contribution in [2.75, 3.05) is 17.7 Å². The van der Waals surface area contributed by atoms with E-state index in [-0.39, 0.29) is 5.91 Å². The molecule has 6 nitrogen and oxygen atoms in total. The van der Waals surface area contributed by atoms with E-state index in [0.717, 1.165) is 0 Å². The molecule has 0 aliphatic rings. The van der Waals surface area contributed by atoms with Crippen LogP contribution in [0.1, 0.15) is 17.3 Å². The van der Waals surface area contributed by atoms with Gasteiger partial charge in [-0.2, -0.15) is 0 Å². The Balaban J connectivity index is 1.99. The zero-order chi connectivity index (χ0) is 17.7. The van der Waals surface area contributed by atoms with Gasteiger partial charge in [0.25, 0.3) is 0 Å². The Hall–Kier alpha value is -2.73. The normalized spacial score (nSPS) is 11.5. The summed E-state index contributed by atoms with van der Waals surface area (Å²) in [4.78, 5) is 23.2. The molecule has 0 saturated heterocycles. The Morgan fingerprint density at radius 2 is 1.75 bits per heavy atom. The zero-order valence-electron chi connectivity index (χ0n) is 13.3. The Bertz CT molecular complexity index is 747. The van der Waals surface area contributed by atoms with Gasteiger partial charge in [0.05, 0.1) is 12.1 Å². The first-order valence-electron chi connectivity index (χ1n) is 7.21. The third-order valence-corrected chi connectivity index (χ3v) is 3.66. The van der Waals surface area contributed by atoms with Gasteiger partial charge in [-0.25, -0.2) is 0 Å². The van der Waals surface area contributed by atoms with Crippen molar-refractivity contribution in [3.05, 3.63) is 53.1 Å². The average molecular weight is 348 g/mol. The van der Waals surface area contributed by atoms with Crippen molar-refractivity contribution < 1.29 is 14.3 Å². The summed E-state index contributed by atoms with van der Waals surface area (Å²) >= 11 is 6.06. The fraction of sp³-hybridized carbons (Fsp3) is 0.176. The highest BCUT2D eigenvalue weighted by molar-refractivity contribution is 6.32. The lowest BCUT2D eigenvalue weighted by atomic mass is 10.2. The number of nitrogens with one attached hydrogen (secondary N) is 2. The van der Waals surface area contributed by atoms with Crippen molar-refractivity contribution in [1.82, 2.24) is 0 Å². The Morgan fingerprint density at radius 1 is 1.12 bits per heavy atom. The lowest BCUT2D eigenvalue weighted by Crippen LogP contribution is -2.31. The number of methoxy groups -OCH3 is 1. The molecule has 0 spiro atoms. The first kappa shape index (κ1) is 17.6. The van der Waals surface area contributed by atoms with Crippen LogP contribution in [0.4, 0.5) is 11.4 Å². The number of nitrogens with two attached hydrogens (primary N) is 1. The monoisotopic (exact) mass is 347 g/mol. The molecule has 0 fully saturated rings. The molecule has 1 unspecified atom stereocenters. The van der Waals surface area contributed by atoms with E-state index in [9.17, 15) is 9.59 Å². The molecule has 0 radical (unpaired) electrons. The van der Waals surface area contributed by atoms with E-state index in [4.69, 9.17) is 22.1 Å². The number of hydrogen-bond acceptors (Lipinski definition) is 4. The van der Waals surface area contributed by atoms with Crippen LogP contribution in [0.25, 0.3) is 0 Å². The number of carbonyl (C=O) groups is 2. The average Bonchev–Trinajstić information content (AvgIpc) is 2.55. The summed E-state index contributed by atoms with van der Waals surface area (Å²) in [5.41, 5.74) is 6.83. The predicted molar refractivity (Wildman–Crippen MR) is 94.7 cm³/mol. The summed E-state index contributed by atoms with van der Waals surface area (Å²) in [6, 6.07) is 11.0. The first-order chi connectivity index (χ1) is 11.4. The van der Waals surface area contributed by atoms with Crippen molar-refractivity contribution >= 4 is 34.8 Å². The maximum atomic E-state index is 12.2. The number of ether oxygens (including phenoxy) is 1. The fourth-order valence-corrected chi connectivity index (χ4v) is 2.30. The highest BCUT2D eigenvalue weighted by Gasteiger charge is 2.14. The molecule has 0 aliphatic heterocycles. The highest BCUT2D eigenvalue weighted by atomic mass is 35.5. The van der Waals surface area contributed by atoms with Crippen LogP contribution in [0.5, 0.6) is 5.75 Å². The van der Waals surface area contributed by atoms with E-state index >= 15 is 0 Å². The van der Waals surface area contributed by atoms with E-state index in [2.05, 4.69) is 10.6 Å². The summed E-state index contributed by atoms with van der Waals surface area (Å²) in [7, 11) is 1.54. The number of primary amides is 1. The Labute approximate surface area is 144 Å². The van der Waals surface area contributed by atoms with Gasteiger partial charge in [-0.15, -0.1) is 0 Å². The van der Waals surface area contributed by atoms with E-state index < -0.39 is 11.9 Å². The maximum absolute atomic E-state index is 12.2. The Morgan fingerprint density at radius 3 is 2.29 bits per heavy atom. The van der Waals surface area contributed by atoms with Crippen molar-refractivity contribution in [3.8, 4) is 5.75 Å². The lowest BCUT2D eigenvalue weighted by Gasteiger charge is -2.16. The minimum atomic E-state index is -0.515. The minimum absolute atomic E-state index is 0.228. The summed E-state index contributed by atoms with van der Waals surface area (Å²) in [5.74, 6) is -0.179. The molecule has 2 aromatic rings. The van der Waals surface area contributed by atoms with Crippen molar-refractivity contribution in [1.29, 1.82) is 0 Å². The molecule has 2 aromatic carbocycles. The smallest absolute Gasteiger partial charge is 0.248 e. The largest absolute Gasteiger partial charge is 0.495 e. The third kappa shape index (κ3) is 4.39. The lowest BCUT2D eigenvalue weighted by molar-refractivity contribution is -0.116. The number of anilines is 2. The number of hydrogen-bond donors (Lipinski definition) is 3. The predicted octanol–water partition coefficient (Wildman–Crippen LogP) is 2.89. The molecule has 126 valence electrons. The van der Waals surface area contributed by atoms with Crippen LogP contribution < -0.4 is 21.1 Å². The van der Waals surface area contributed by atoms with Crippen LogP contribution in [0.15, 0.2) is 42.5 Å². The van der Waals surface area contributed by atoms with Gasteiger partial charge in [-0.05, 0) is 49.4 Å². The number of benzene rings is 2. The van der Waals surface area contributed by atoms with Crippen LogP contribution in [0.2, 0.25) is 5.02 Å². The standard InChI is InChI=1S/C17H18ClN3O3/c1-10(20-13-7-8-15(24-2)14(18)9-13)17(23)21-12-5-3-11(4-6-12)16(19)22/h3-10,20H,1-2H3,(H2,19,22)(H,21,23). The molecule has 0 bridgehead atoms. The molecule has 4 N–H and O–H groups in total. The third-order valence-electron chi connectivity index (χ3n) is 3.37. The van der Waals surface area contributed by atoms with E-state index in [0.29, 0.717) is 27.7 Å². The summed E-state index contributed by atoms with van der Waals surface area (Å²) < 4.78 is 5.09. The molecule has 0 aliphatic carbocycles. The van der Waals surface area contributed by atoms with Crippen LogP contribution in [0.3, 0.4) is 0 Å². The van der Waals surface area contributed by atoms with Gasteiger partial charge < -0.3 is 21.1 Å². The van der Waals surface area contributed by atoms with Crippen molar-refractivity contribution in [2.24, 2.45) is 5.73 Å². The van der Waals surface area contributed by atoms with Gasteiger partial charge in [-0.3, -0.25) is 9.59 Å². The van der Waals surface area contributed by atoms with E-state index in [1.165, 1.54) is 7.11 Å². The number of rotatable bonds is 6. The van der Waals surface area contributed by atoms with Gasteiger partial charge in [0.2, 0.25) is 11.8 Å². The minimum Gasteiger partial charge on any atom is -0.495 e. The van der Waals surface area contributed by atoms with Gasteiger partial charge in [0.15, 0.2) is 0 Å². The molecular formula is C17H18ClN3O3. The van der Waals surface area contributed by atoms with Gasteiger partial charge in [0, 0.05) is 16.9 Å². The van der Waals surface area contributed by atoms with Crippen LogP contribution >= 0.6 is 11.6 Å². The molecule has 1 atom stereocenters. The molecule has 24 heavy (non-hydrogen) atoms. The molecule has 0 saturated carbocycles.